The summed E-state index contributed by atoms with van der Waals surface area (Å²) in [7, 11) is 0. The number of fused-ring (bicyclic) bond motifs is 5. The van der Waals surface area contributed by atoms with E-state index in [1.807, 2.05) is 78.9 Å². The minimum absolute atomic E-state index is 0.000758. The molecule has 0 fully saturated rings. The van der Waals surface area contributed by atoms with E-state index in [1.165, 1.54) is 6.92 Å². The summed E-state index contributed by atoms with van der Waals surface area (Å²) in [5, 5.41) is 3.33. The van der Waals surface area contributed by atoms with Crippen LogP contribution in [0, 0.1) is 6.92 Å². The SMILES string of the molecule is [2H]c1c([2H])c([2H])c(-c2c(C)c([2H])c([2H])c3oc4c([2H])c(-c5c6ccccc6c(-c6ccccc6-c6ccccc6)c6ccccc56)c([2H])c([2H])c4c23)c([2H])c1[2H]. The van der Waals surface area contributed by atoms with Gasteiger partial charge in [0.2, 0.25) is 0 Å². The minimum Gasteiger partial charge on any atom is -0.456 e. The Morgan fingerprint density at radius 2 is 1.04 bits per heavy atom. The second-order valence-corrected chi connectivity index (χ2v) is 11.3. The quantitative estimate of drug-likeness (QED) is 0.184. The van der Waals surface area contributed by atoms with Gasteiger partial charge in [-0.15, -0.1) is 0 Å². The van der Waals surface area contributed by atoms with Crippen LogP contribution in [0.15, 0.2) is 168 Å². The highest BCUT2D eigenvalue weighted by atomic mass is 16.3. The van der Waals surface area contributed by atoms with Crippen molar-refractivity contribution in [3.63, 3.8) is 0 Å². The summed E-state index contributed by atoms with van der Waals surface area (Å²) in [5.41, 5.74) is 4.51. The van der Waals surface area contributed by atoms with E-state index in [-0.39, 0.29) is 74.4 Å². The number of benzene rings is 8. The predicted octanol–water partition coefficient (Wildman–Crippen LogP) is 12.9. The van der Waals surface area contributed by atoms with Gasteiger partial charge in [0, 0.05) is 10.8 Å². The largest absolute Gasteiger partial charge is 0.456 e. The Bertz CT molecular complexity index is 3060. The molecule has 0 aliphatic carbocycles. The molecule has 0 atom stereocenters. The van der Waals surface area contributed by atoms with Crippen molar-refractivity contribution in [2.45, 2.75) is 6.92 Å². The second-order valence-electron chi connectivity index (χ2n) is 11.3. The first-order chi connectivity index (χ1) is 26.9. The van der Waals surface area contributed by atoms with Gasteiger partial charge in [-0.3, -0.25) is 0 Å². The van der Waals surface area contributed by atoms with Gasteiger partial charge < -0.3 is 4.42 Å². The zero-order valence-electron chi connectivity index (χ0n) is 34.7. The molecule has 0 aliphatic rings. The van der Waals surface area contributed by atoms with Gasteiger partial charge in [-0.05, 0) is 96.7 Å². The first-order valence-corrected chi connectivity index (χ1v) is 15.1. The maximum atomic E-state index is 9.73. The average Bonchev–Trinajstić information content (AvgIpc) is 3.63. The van der Waals surface area contributed by atoms with E-state index in [1.54, 1.807) is 0 Å². The highest BCUT2D eigenvalue weighted by Crippen LogP contribution is 2.47. The van der Waals surface area contributed by atoms with E-state index in [0.717, 1.165) is 43.8 Å². The molecule has 1 nitrogen and oxygen atoms in total. The van der Waals surface area contributed by atoms with Gasteiger partial charge in [0.15, 0.2) is 0 Å². The van der Waals surface area contributed by atoms with Crippen molar-refractivity contribution in [2.75, 3.05) is 0 Å². The molecular weight excluding hydrogens is 556 g/mol. The Balaban J connectivity index is 1.42. The van der Waals surface area contributed by atoms with E-state index >= 15 is 0 Å². The molecule has 0 spiro atoms. The molecule has 8 aromatic carbocycles. The highest BCUT2D eigenvalue weighted by molar-refractivity contribution is 6.23. The van der Waals surface area contributed by atoms with Crippen LogP contribution < -0.4 is 0 Å². The summed E-state index contributed by atoms with van der Waals surface area (Å²) in [6, 6.07) is 29.8. The molecule has 1 heteroatoms. The fourth-order valence-electron chi connectivity index (χ4n) is 6.71. The van der Waals surface area contributed by atoms with Crippen molar-refractivity contribution in [3.05, 3.63) is 169 Å². The Morgan fingerprint density at radius 3 is 1.74 bits per heavy atom. The lowest BCUT2D eigenvalue weighted by Gasteiger charge is -2.19. The first kappa shape index (κ1) is 18.1. The van der Waals surface area contributed by atoms with Crippen LogP contribution >= 0.6 is 0 Å². The topological polar surface area (TPSA) is 13.1 Å². The Hall–Kier alpha value is -5.92. The van der Waals surface area contributed by atoms with Crippen molar-refractivity contribution in [3.8, 4) is 44.5 Å². The zero-order chi connectivity index (χ0) is 39.3. The predicted molar refractivity (Wildman–Crippen MR) is 195 cm³/mol. The first-order valence-electron chi connectivity index (χ1n) is 20.1. The molecule has 0 aliphatic heterocycles. The molecule has 0 unspecified atom stereocenters. The maximum absolute atomic E-state index is 9.73. The van der Waals surface area contributed by atoms with Gasteiger partial charge in [-0.25, -0.2) is 0 Å². The third-order valence-corrected chi connectivity index (χ3v) is 8.66. The van der Waals surface area contributed by atoms with Crippen molar-refractivity contribution in [1.82, 2.24) is 0 Å². The molecule has 0 N–H and O–H groups in total. The molecule has 1 heterocycles. The molecule has 0 bridgehead atoms. The van der Waals surface area contributed by atoms with Gasteiger partial charge >= 0.3 is 0 Å². The minimum atomic E-state index is -0.584. The molecule has 1 aromatic heterocycles. The van der Waals surface area contributed by atoms with Gasteiger partial charge in [0.1, 0.15) is 11.2 Å². The summed E-state index contributed by atoms with van der Waals surface area (Å²) in [4.78, 5) is 0. The van der Waals surface area contributed by atoms with Crippen LogP contribution in [0.3, 0.4) is 0 Å². The van der Waals surface area contributed by atoms with Crippen LogP contribution in [0.4, 0.5) is 0 Å². The van der Waals surface area contributed by atoms with E-state index < -0.39 is 30.2 Å². The fourth-order valence-corrected chi connectivity index (χ4v) is 6.71. The molecular formula is C45H30O. The smallest absolute Gasteiger partial charge is 0.136 e. The van der Waals surface area contributed by atoms with Crippen LogP contribution in [0.5, 0.6) is 0 Å². The molecule has 0 radical (unpaired) electrons. The van der Waals surface area contributed by atoms with Crippen LogP contribution in [-0.2, 0) is 0 Å². The molecule has 0 saturated carbocycles. The Labute approximate surface area is 282 Å². The van der Waals surface area contributed by atoms with E-state index in [4.69, 9.17) is 14.0 Å². The second kappa shape index (κ2) is 10.6. The molecule has 46 heavy (non-hydrogen) atoms. The normalized spacial score (nSPS) is 14.6. The van der Waals surface area contributed by atoms with Gasteiger partial charge in [-0.1, -0.05) is 145 Å². The lowest BCUT2D eigenvalue weighted by atomic mass is 9.83. The standard InChI is InChI=1S/C45H30O/c1-29-24-27-40-45(42(29)31-16-6-3-7-17-31)39-26-25-32(28-41(39)46-40)43-35-20-10-12-22-37(35)44(38-23-13-11-21-36(38)43)34-19-9-8-18-33(34)30-14-4-2-5-15-30/h2-28H,1H3/i3D,6D,7D,16D,17D,24D,25D,26D,27D,28D. The lowest BCUT2D eigenvalue weighted by Crippen LogP contribution is -1.92. The number of hydrogen-bond donors (Lipinski definition) is 0. The molecule has 0 saturated heterocycles. The summed E-state index contributed by atoms with van der Waals surface area (Å²) in [6.45, 7) is 1.52. The maximum Gasteiger partial charge on any atom is 0.136 e. The van der Waals surface area contributed by atoms with E-state index in [0.29, 0.717) is 5.56 Å². The van der Waals surface area contributed by atoms with Crippen LogP contribution in [0.1, 0.15) is 19.3 Å². The Kier molecular flexibility index (Phi) is 4.19. The van der Waals surface area contributed by atoms with Crippen LogP contribution in [-0.4, -0.2) is 0 Å². The monoisotopic (exact) mass is 596 g/mol. The number of rotatable bonds is 4. The highest BCUT2D eigenvalue weighted by Gasteiger charge is 2.20. The van der Waals surface area contributed by atoms with Gasteiger partial charge in [-0.2, -0.15) is 0 Å². The third-order valence-electron chi connectivity index (χ3n) is 8.66. The third kappa shape index (κ3) is 4.09. The van der Waals surface area contributed by atoms with E-state index in [2.05, 4.69) is 24.3 Å². The van der Waals surface area contributed by atoms with Gasteiger partial charge in [0.25, 0.3) is 0 Å². The molecule has 9 rings (SSSR count). The summed E-state index contributed by atoms with van der Waals surface area (Å²) in [6.07, 6.45) is 0. The lowest BCUT2D eigenvalue weighted by molar-refractivity contribution is 0.669. The molecule has 0 amide bonds. The average molecular weight is 597 g/mol. The summed E-state index contributed by atoms with van der Waals surface area (Å²) >= 11 is 0. The summed E-state index contributed by atoms with van der Waals surface area (Å²) < 4.78 is 95.3. The van der Waals surface area contributed by atoms with Crippen LogP contribution in [0.2, 0.25) is 0 Å². The van der Waals surface area contributed by atoms with Gasteiger partial charge in [0.05, 0.1) is 13.7 Å². The number of furan rings is 1. The van der Waals surface area contributed by atoms with E-state index in [9.17, 15) is 4.11 Å². The zero-order valence-corrected chi connectivity index (χ0v) is 24.7. The fraction of sp³-hybridized carbons (Fsp3) is 0.0222. The van der Waals surface area contributed by atoms with Crippen molar-refractivity contribution < 1.29 is 18.1 Å². The summed E-state index contributed by atoms with van der Waals surface area (Å²) in [5.74, 6) is 0. The van der Waals surface area contributed by atoms with Crippen molar-refractivity contribution >= 4 is 43.5 Å². The van der Waals surface area contributed by atoms with Crippen molar-refractivity contribution in [1.29, 1.82) is 0 Å². The van der Waals surface area contributed by atoms with Crippen LogP contribution in [0.25, 0.3) is 88.0 Å². The molecule has 216 valence electrons. The number of hydrogen-bond acceptors (Lipinski definition) is 1. The molecule has 9 aromatic rings. The Morgan fingerprint density at radius 1 is 0.435 bits per heavy atom. The van der Waals surface area contributed by atoms with Crippen molar-refractivity contribution in [2.24, 2.45) is 0 Å².